The van der Waals surface area contributed by atoms with Gasteiger partial charge in [-0.3, -0.25) is 9.59 Å². The van der Waals surface area contributed by atoms with Crippen molar-refractivity contribution in [3.8, 4) is 0 Å². The van der Waals surface area contributed by atoms with Gasteiger partial charge in [0.25, 0.3) is 0 Å². The standard InChI is InChI=1S/C15H27N3O4/c1-15(2,3)22-14(21)17-10-6-4-5-9-16-13(20)11-7-8-12(19)18-11/h11H,4-10H2,1-3H3,(H,16,20)(H,17,21)(H,18,19)/t11-/m0/s1. The Bertz CT molecular complexity index is 404. The molecular weight excluding hydrogens is 286 g/mol. The predicted molar refractivity (Wildman–Crippen MR) is 82.3 cm³/mol. The molecule has 3 amide bonds. The molecule has 0 aliphatic carbocycles. The van der Waals surface area contributed by atoms with Crippen LogP contribution in [0.25, 0.3) is 0 Å². The lowest BCUT2D eigenvalue weighted by molar-refractivity contribution is -0.125. The summed E-state index contributed by atoms with van der Waals surface area (Å²) in [5.74, 6) is -0.175. The van der Waals surface area contributed by atoms with Crippen molar-refractivity contribution in [2.45, 2.75) is 64.5 Å². The minimum absolute atomic E-state index is 0.0617. The van der Waals surface area contributed by atoms with Crippen LogP contribution in [-0.4, -0.2) is 42.6 Å². The van der Waals surface area contributed by atoms with Crippen molar-refractivity contribution in [3.63, 3.8) is 0 Å². The summed E-state index contributed by atoms with van der Waals surface area (Å²) >= 11 is 0. The normalized spacial score (nSPS) is 17.8. The molecule has 1 fully saturated rings. The van der Waals surface area contributed by atoms with E-state index in [1.165, 1.54) is 0 Å². The van der Waals surface area contributed by atoms with Gasteiger partial charge < -0.3 is 20.7 Å². The molecule has 22 heavy (non-hydrogen) atoms. The van der Waals surface area contributed by atoms with Crippen LogP contribution >= 0.6 is 0 Å². The number of carbonyl (C=O) groups excluding carboxylic acids is 3. The van der Waals surface area contributed by atoms with Gasteiger partial charge in [-0.05, 0) is 46.5 Å². The van der Waals surface area contributed by atoms with E-state index in [1.807, 2.05) is 20.8 Å². The Morgan fingerprint density at radius 3 is 2.36 bits per heavy atom. The van der Waals surface area contributed by atoms with Crippen molar-refractivity contribution in [1.82, 2.24) is 16.0 Å². The number of carbonyl (C=O) groups is 3. The smallest absolute Gasteiger partial charge is 0.407 e. The van der Waals surface area contributed by atoms with E-state index < -0.39 is 11.7 Å². The van der Waals surface area contributed by atoms with E-state index in [1.54, 1.807) is 0 Å². The van der Waals surface area contributed by atoms with E-state index in [0.29, 0.717) is 25.9 Å². The van der Waals surface area contributed by atoms with Gasteiger partial charge in [0.15, 0.2) is 0 Å². The number of alkyl carbamates (subject to hydrolysis) is 1. The van der Waals surface area contributed by atoms with E-state index in [9.17, 15) is 14.4 Å². The minimum atomic E-state index is -0.482. The number of ether oxygens (including phenoxy) is 1. The van der Waals surface area contributed by atoms with Crippen molar-refractivity contribution in [3.05, 3.63) is 0 Å². The second-order valence-electron chi connectivity index (χ2n) is 6.44. The van der Waals surface area contributed by atoms with Gasteiger partial charge in [0.05, 0.1) is 0 Å². The number of rotatable bonds is 7. The van der Waals surface area contributed by atoms with Crippen LogP contribution in [0.4, 0.5) is 4.79 Å². The third-order valence-electron chi connectivity index (χ3n) is 3.13. The van der Waals surface area contributed by atoms with E-state index in [-0.39, 0.29) is 17.9 Å². The van der Waals surface area contributed by atoms with Crippen molar-refractivity contribution < 1.29 is 19.1 Å². The van der Waals surface area contributed by atoms with E-state index in [4.69, 9.17) is 4.74 Å². The quantitative estimate of drug-likeness (QED) is 0.613. The molecule has 7 nitrogen and oxygen atoms in total. The first-order valence-electron chi connectivity index (χ1n) is 7.82. The molecule has 1 aliphatic rings. The number of nitrogens with one attached hydrogen (secondary N) is 3. The molecule has 0 aromatic rings. The average Bonchev–Trinajstić information content (AvgIpc) is 2.82. The summed E-state index contributed by atoms with van der Waals surface area (Å²) in [5.41, 5.74) is -0.482. The predicted octanol–water partition coefficient (Wildman–Crippen LogP) is 1.08. The highest BCUT2D eigenvalue weighted by Crippen LogP contribution is 2.07. The molecule has 1 saturated heterocycles. The molecule has 0 bridgehead atoms. The highest BCUT2D eigenvalue weighted by atomic mass is 16.6. The largest absolute Gasteiger partial charge is 0.444 e. The summed E-state index contributed by atoms with van der Waals surface area (Å²) in [6.45, 7) is 6.60. The van der Waals surface area contributed by atoms with Crippen molar-refractivity contribution in [1.29, 1.82) is 0 Å². The second kappa shape index (κ2) is 8.60. The molecule has 0 spiro atoms. The Hall–Kier alpha value is -1.79. The number of amides is 3. The molecule has 1 heterocycles. The Kier molecular flexibility index (Phi) is 7.14. The third kappa shape index (κ3) is 7.85. The lowest BCUT2D eigenvalue weighted by atomic mass is 10.2. The molecule has 0 radical (unpaired) electrons. The van der Waals surface area contributed by atoms with Crippen LogP contribution in [0.5, 0.6) is 0 Å². The minimum Gasteiger partial charge on any atom is -0.444 e. The van der Waals surface area contributed by atoms with E-state index in [0.717, 1.165) is 19.3 Å². The number of hydrogen-bond donors (Lipinski definition) is 3. The van der Waals surface area contributed by atoms with Gasteiger partial charge in [-0.2, -0.15) is 0 Å². The van der Waals surface area contributed by atoms with E-state index in [2.05, 4.69) is 16.0 Å². The average molecular weight is 313 g/mol. The van der Waals surface area contributed by atoms with Crippen LogP contribution in [0.3, 0.4) is 0 Å². The van der Waals surface area contributed by atoms with Gasteiger partial charge in [-0.1, -0.05) is 0 Å². The van der Waals surface area contributed by atoms with Crippen LogP contribution < -0.4 is 16.0 Å². The van der Waals surface area contributed by atoms with Crippen LogP contribution in [0, 0.1) is 0 Å². The number of unbranched alkanes of at least 4 members (excludes halogenated alkanes) is 2. The lowest BCUT2D eigenvalue weighted by Gasteiger charge is -2.19. The summed E-state index contributed by atoms with van der Waals surface area (Å²) in [4.78, 5) is 34.1. The maximum absolute atomic E-state index is 11.7. The first-order chi connectivity index (χ1) is 10.3. The SMILES string of the molecule is CC(C)(C)OC(=O)NCCCCCNC(=O)[C@@H]1CCC(=O)N1. The highest BCUT2D eigenvalue weighted by Gasteiger charge is 2.26. The molecule has 3 N–H and O–H groups in total. The zero-order chi connectivity index (χ0) is 16.6. The molecule has 126 valence electrons. The lowest BCUT2D eigenvalue weighted by Crippen LogP contribution is -2.41. The molecule has 1 aliphatic heterocycles. The fourth-order valence-electron chi connectivity index (χ4n) is 2.08. The second-order valence-corrected chi connectivity index (χ2v) is 6.44. The van der Waals surface area contributed by atoms with Gasteiger partial charge in [-0.15, -0.1) is 0 Å². The fraction of sp³-hybridized carbons (Fsp3) is 0.800. The first-order valence-corrected chi connectivity index (χ1v) is 7.82. The number of hydrogen-bond acceptors (Lipinski definition) is 4. The molecule has 0 saturated carbocycles. The van der Waals surface area contributed by atoms with Crippen LogP contribution in [0.2, 0.25) is 0 Å². The summed E-state index contributed by atoms with van der Waals surface area (Å²) < 4.78 is 5.12. The van der Waals surface area contributed by atoms with Gasteiger partial charge in [0, 0.05) is 19.5 Å². The Labute approximate surface area is 131 Å². The molecule has 1 atom stereocenters. The molecule has 7 heteroatoms. The highest BCUT2D eigenvalue weighted by molar-refractivity contribution is 5.90. The molecule has 1 rings (SSSR count). The summed E-state index contributed by atoms with van der Waals surface area (Å²) in [7, 11) is 0. The zero-order valence-corrected chi connectivity index (χ0v) is 13.7. The monoisotopic (exact) mass is 313 g/mol. The first kappa shape index (κ1) is 18.3. The summed E-state index contributed by atoms with van der Waals surface area (Å²) in [6.07, 6.45) is 3.15. The maximum atomic E-state index is 11.7. The van der Waals surface area contributed by atoms with Gasteiger partial charge >= 0.3 is 6.09 Å². The van der Waals surface area contributed by atoms with Gasteiger partial charge in [-0.25, -0.2) is 4.79 Å². The third-order valence-corrected chi connectivity index (χ3v) is 3.13. The molecule has 0 unspecified atom stereocenters. The van der Waals surface area contributed by atoms with Crippen molar-refractivity contribution in [2.75, 3.05) is 13.1 Å². The molecular formula is C15H27N3O4. The fourth-order valence-corrected chi connectivity index (χ4v) is 2.08. The van der Waals surface area contributed by atoms with Crippen LogP contribution in [-0.2, 0) is 14.3 Å². The Morgan fingerprint density at radius 2 is 1.82 bits per heavy atom. The molecule has 0 aromatic heterocycles. The van der Waals surface area contributed by atoms with Crippen LogP contribution in [0.1, 0.15) is 52.9 Å². The van der Waals surface area contributed by atoms with E-state index >= 15 is 0 Å². The van der Waals surface area contributed by atoms with Crippen LogP contribution in [0.15, 0.2) is 0 Å². The van der Waals surface area contributed by atoms with Gasteiger partial charge in [0.1, 0.15) is 11.6 Å². The summed E-state index contributed by atoms with van der Waals surface area (Å²) in [5, 5.41) is 8.14. The summed E-state index contributed by atoms with van der Waals surface area (Å²) in [6, 6.07) is -0.374. The van der Waals surface area contributed by atoms with Crippen molar-refractivity contribution in [2.24, 2.45) is 0 Å². The maximum Gasteiger partial charge on any atom is 0.407 e. The topological polar surface area (TPSA) is 96.5 Å². The van der Waals surface area contributed by atoms with Gasteiger partial charge in [0.2, 0.25) is 11.8 Å². The Balaban J connectivity index is 1.96. The molecule has 0 aromatic carbocycles. The van der Waals surface area contributed by atoms with Crippen molar-refractivity contribution >= 4 is 17.9 Å². The zero-order valence-electron chi connectivity index (χ0n) is 13.7. The Morgan fingerprint density at radius 1 is 1.18 bits per heavy atom.